The predicted octanol–water partition coefficient (Wildman–Crippen LogP) is 1.63. The maximum Gasteiger partial charge on any atom is 0.230 e. The van der Waals surface area contributed by atoms with E-state index in [9.17, 15) is 4.79 Å². The van der Waals surface area contributed by atoms with E-state index in [0.717, 1.165) is 13.1 Å². The minimum absolute atomic E-state index is 0.185. The lowest BCUT2D eigenvalue weighted by atomic mass is 10.1. The Morgan fingerprint density at radius 1 is 1.38 bits per heavy atom. The molecule has 0 aromatic rings. The Balaban J connectivity index is 2.14. The summed E-state index contributed by atoms with van der Waals surface area (Å²) >= 11 is 1.81. The molecule has 1 heterocycles. The number of rotatable bonds is 5. The molecule has 0 aromatic carbocycles. The molecule has 1 aliphatic heterocycles. The van der Waals surface area contributed by atoms with Gasteiger partial charge in [-0.3, -0.25) is 4.79 Å². The van der Waals surface area contributed by atoms with Gasteiger partial charge in [-0.2, -0.15) is 0 Å². The molecule has 0 radical (unpaired) electrons. The van der Waals surface area contributed by atoms with Crippen molar-refractivity contribution in [1.82, 2.24) is 10.6 Å². The van der Waals surface area contributed by atoms with E-state index in [1.54, 1.807) is 0 Å². The zero-order valence-electron chi connectivity index (χ0n) is 10.6. The van der Waals surface area contributed by atoms with Crippen LogP contribution in [0.1, 0.15) is 33.6 Å². The van der Waals surface area contributed by atoms with Crippen LogP contribution in [0.2, 0.25) is 0 Å². The molecule has 1 rings (SSSR count). The van der Waals surface area contributed by atoms with E-state index in [2.05, 4.69) is 31.4 Å². The first-order valence-electron chi connectivity index (χ1n) is 6.21. The van der Waals surface area contributed by atoms with E-state index in [-0.39, 0.29) is 11.9 Å². The summed E-state index contributed by atoms with van der Waals surface area (Å²) in [6, 6.07) is 0.279. The lowest BCUT2D eigenvalue weighted by Gasteiger charge is -2.22. The lowest BCUT2D eigenvalue weighted by Crippen LogP contribution is -2.38. The quantitative estimate of drug-likeness (QED) is 0.772. The molecule has 1 unspecified atom stereocenters. The van der Waals surface area contributed by atoms with E-state index >= 15 is 0 Å². The van der Waals surface area contributed by atoms with Crippen molar-refractivity contribution in [3.63, 3.8) is 0 Å². The van der Waals surface area contributed by atoms with Crippen molar-refractivity contribution in [2.45, 2.75) is 44.9 Å². The minimum atomic E-state index is 0.185. The summed E-state index contributed by atoms with van der Waals surface area (Å²) in [7, 11) is 0. The summed E-state index contributed by atoms with van der Waals surface area (Å²) in [5, 5.41) is 7.05. The molecule has 0 saturated carbocycles. The van der Waals surface area contributed by atoms with Crippen LogP contribution < -0.4 is 10.6 Å². The van der Waals surface area contributed by atoms with Crippen molar-refractivity contribution in [1.29, 1.82) is 0 Å². The fourth-order valence-electron chi connectivity index (χ4n) is 1.62. The molecule has 0 aromatic heterocycles. The molecule has 0 bridgehead atoms. The van der Waals surface area contributed by atoms with Gasteiger partial charge in [0.2, 0.25) is 5.91 Å². The number of thioether (sulfide) groups is 1. The van der Waals surface area contributed by atoms with Crippen LogP contribution in [0.25, 0.3) is 0 Å². The third kappa shape index (κ3) is 5.21. The maximum absolute atomic E-state index is 11.7. The van der Waals surface area contributed by atoms with E-state index < -0.39 is 0 Å². The van der Waals surface area contributed by atoms with Gasteiger partial charge in [0, 0.05) is 11.3 Å². The van der Waals surface area contributed by atoms with E-state index in [1.807, 2.05) is 11.8 Å². The molecule has 1 atom stereocenters. The molecule has 0 aliphatic carbocycles. The molecule has 94 valence electrons. The molecule has 2 N–H and O–H groups in total. The van der Waals surface area contributed by atoms with Crippen molar-refractivity contribution < 1.29 is 4.79 Å². The summed E-state index contributed by atoms with van der Waals surface area (Å²) in [6.07, 6.45) is 2.38. The van der Waals surface area contributed by atoms with Gasteiger partial charge in [-0.1, -0.05) is 13.8 Å². The normalized spacial score (nSPS) is 19.8. The summed E-state index contributed by atoms with van der Waals surface area (Å²) in [5.41, 5.74) is 0. The number of amides is 1. The Labute approximate surface area is 103 Å². The van der Waals surface area contributed by atoms with Crippen LogP contribution in [0.4, 0.5) is 0 Å². The van der Waals surface area contributed by atoms with Crippen LogP contribution in [0, 0.1) is 5.92 Å². The monoisotopic (exact) mass is 244 g/mol. The fraction of sp³-hybridized carbons (Fsp3) is 0.917. The van der Waals surface area contributed by atoms with Gasteiger partial charge < -0.3 is 10.6 Å². The molecule has 0 spiro atoms. The number of carbonyl (C=O) groups is 1. The smallest absolute Gasteiger partial charge is 0.230 e. The van der Waals surface area contributed by atoms with Crippen molar-refractivity contribution >= 4 is 17.7 Å². The van der Waals surface area contributed by atoms with Gasteiger partial charge in [-0.25, -0.2) is 0 Å². The van der Waals surface area contributed by atoms with Crippen LogP contribution in [0.3, 0.4) is 0 Å². The van der Waals surface area contributed by atoms with E-state index in [0.29, 0.717) is 16.9 Å². The van der Waals surface area contributed by atoms with Gasteiger partial charge in [0.25, 0.3) is 0 Å². The van der Waals surface area contributed by atoms with Crippen LogP contribution in [0.5, 0.6) is 0 Å². The lowest BCUT2D eigenvalue weighted by molar-refractivity contribution is -0.119. The second-order valence-electron chi connectivity index (χ2n) is 4.86. The number of hydrogen-bond donors (Lipinski definition) is 2. The molecule has 1 fully saturated rings. The summed E-state index contributed by atoms with van der Waals surface area (Å²) in [5.74, 6) is 1.31. The average molecular weight is 244 g/mol. The van der Waals surface area contributed by atoms with Crippen LogP contribution in [0.15, 0.2) is 0 Å². The highest BCUT2D eigenvalue weighted by atomic mass is 32.2. The molecular weight excluding hydrogens is 220 g/mol. The maximum atomic E-state index is 11.7. The second kappa shape index (κ2) is 7.17. The number of hydrogen-bond acceptors (Lipinski definition) is 3. The number of nitrogens with one attached hydrogen (secondary N) is 2. The summed E-state index contributed by atoms with van der Waals surface area (Å²) in [6.45, 7) is 8.52. The summed E-state index contributed by atoms with van der Waals surface area (Å²) < 4.78 is 0. The molecular formula is C12H24N2OS. The van der Waals surface area contributed by atoms with Crippen molar-refractivity contribution in [3.05, 3.63) is 0 Å². The third-order valence-electron chi connectivity index (χ3n) is 3.12. The van der Waals surface area contributed by atoms with Gasteiger partial charge in [0.1, 0.15) is 0 Å². The molecule has 4 heteroatoms. The third-order valence-corrected chi connectivity index (χ3v) is 4.50. The van der Waals surface area contributed by atoms with Crippen LogP contribution >= 0.6 is 11.8 Å². The standard InChI is InChI=1S/C12H24N2OS/c1-9(2)10(3)14-12(15)8-16-11-4-6-13-7-5-11/h9-11,13H,4-8H2,1-3H3,(H,14,15). The molecule has 3 nitrogen and oxygen atoms in total. The van der Waals surface area contributed by atoms with Crippen molar-refractivity contribution in [2.24, 2.45) is 5.92 Å². The van der Waals surface area contributed by atoms with Gasteiger partial charge >= 0.3 is 0 Å². The molecule has 1 amide bonds. The zero-order chi connectivity index (χ0) is 12.0. The Morgan fingerprint density at radius 3 is 2.56 bits per heavy atom. The topological polar surface area (TPSA) is 41.1 Å². The zero-order valence-corrected chi connectivity index (χ0v) is 11.4. The predicted molar refractivity (Wildman–Crippen MR) is 70.8 cm³/mol. The van der Waals surface area contributed by atoms with Crippen LogP contribution in [-0.2, 0) is 4.79 Å². The highest BCUT2D eigenvalue weighted by Crippen LogP contribution is 2.19. The highest BCUT2D eigenvalue weighted by Gasteiger charge is 2.16. The minimum Gasteiger partial charge on any atom is -0.353 e. The fourth-order valence-corrected chi connectivity index (χ4v) is 2.66. The first-order chi connectivity index (χ1) is 7.59. The molecule has 16 heavy (non-hydrogen) atoms. The SMILES string of the molecule is CC(C)C(C)NC(=O)CSC1CCNCC1. The Morgan fingerprint density at radius 2 is 2.00 bits per heavy atom. The Bertz CT molecular complexity index is 215. The van der Waals surface area contributed by atoms with Gasteiger partial charge in [-0.05, 0) is 38.8 Å². The summed E-state index contributed by atoms with van der Waals surface area (Å²) in [4.78, 5) is 11.7. The highest BCUT2D eigenvalue weighted by molar-refractivity contribution is 8.00. The van der Waals surface area contributed by atoms with E-state index in [1.165, 1.54) is 12.8 Å². The Hall–Kier alpha value is -0.220. The van der Waals surface area contributed by atoms with Gasteiger partial charge in [-0.15, -0.1) is 11.8 Å². The molecule has 1 saturated heterocycles. The van der Waals surface area contributed by atoms with Crippen LogP contribution in [-0.4, -0.2) is 36.0 Å². The van der Waals surface area contributed by atoms with Crippen molar-refractivity contribution in [3.8, 4) is 0 Å². The van der Waals surface area contributed by atoms with Gasteiger partial charge in [0.15, 0.2) is 0 Å². The van der Waals surface area contributed by atoms with Crippen molar-refractivity contribution in [2.75, 3.05) is 18.8 Å². The largest absolute Gasteiger partial charge is 0.353 e. The van der Waals surface area contributed by atoms with Gasteiger partial charge in [0.05, 0.1) is 5.75 Å². The van der Waals surface area contributed by atoms with E-state index in [4.69, 9.17) is 0 Å². The number of piperidine rings is 1. The first kappa shape index (κ1) is 13.8. The molecule has 1 aliphatic rings. The average Bonchev–Trinajstić information content (AvgIpc) is 2.27. The first-order valence-corrected chi connectivity index (χ1v) is 7.26. The number of carbonyl (C=O) groups excluding carboxylic acids is 1. The Kier molecular flexibility index (Phi) is 6.21. The second-order valence-corrected chi connectivity index (χ2v) is 6.15.